The van der Waals surface area contributed by atoms with Crippen LogP contribution in [-0.4, -0.2) is 24.0 Å². The van der Waals surface area contributed by atoms with Gasteiger partial charge in [-0.15, -0.1) is 11.3 Å². The van der Waals surface area contributed by atoms with Crippen molar-refractivity contribution in [3.05, 3.63) is 35.6 Å². The van der Waals surface area contributed by atoms with Gasteiger partial charge in [-0.3, -0.25) is 10.1 Å². The van der Waals surface area contributed by atoms with Crippen molar-refractivity contribution in [1.82, 2.24) is 4.98 Å². The fraction of sp³-hybridized carbons (Fsp3) is 0.188. The van der Waals surface area contributed by atoms with Crippen molar-refractivity contribution in [3.8, 4) is 10.6 Å². The van der Waals surface area contributed by atoms with Gasteiger partial charge in [-0.1, -0.05) is 12.1 Å². The molecule has 0 saturated heterocycles. The van der Waals surface area contributed by atoms with Gasteiger partial charge in [0.1, 0.15) is 16.3 Å². The Bertz CT molecular complexity index is 877. The van der Waals surface area contributed by atoms with Crippen LogP contribution in [0.2, 0.25) is 0 Å². The number of benzene rings is 1. The van der Waals surface area contributed by atoms with Crippen molar-refractivity contribution < 1.29 is 18.7 Å². The number of rotatable bonds is 3. The van der Waals surface area contributed by atoms with Gasteiger partial charge in [0.25, 0.3) is 0 Å². The monoisotopic (exact) mass is 330 g/mol. The lowest BCUT2D eigenvalue weighted by atomic mass is 10.1. The number of aromatic nitrogens is 1. The Morgan fingerprint density at radius 2 is 2.04 bits per heavy atom. The molecule has 118 valence electrons. The number of nitrogens with zero attached hydrogens (tertiary/aromatic N) is 1. The quantitative estimate of drug-likeness (QED) is 0.742. The highest BCUT2D eigenvalue weighted by atomic mass is 32.1. The van der Waals surface area contributed by atoms with Crippen LogP contribution in [0.4, 0.5) is 5.88 Å². The normalized spacial score (nSPS) is 10.7. The topological polar surface area (TPSA) is 81.4 Å². The first-order chi connectivity index (χ1) is 11.0. The highest BCUT2D eigenvalue weighted by Gasteiger charge is 2.28. The molecule has 0 atom stereocenters. The zero-order valence-corrected chi connectivity index (χ0v) is 13.6. The number of carbonyl (C=O) groups is 2. The first-order valence-electron chi connectivity index (χ1n) is 6.86. The van der Waals surface area contributed by atoms with Crippen LogP contribution in [0.5, 0.6) is 0 Å². The lowest BCUT2D eigenvalue weighted by Gasteiger charge is -2.02. The van der Waals surface area contributed by atoms with E-state index in [0.717, 1.165) is 10.2 Å². The molecule has 0 aliphatic rings. The summed E-state index contributed by atoms with van der Waals surface area (Å²) in [5.41, 5.74) is 1.54. The Hall–Kier alpha value is -2.67. The smallest absolute Gasteiger partial charge is 0.342 e. The van der Waals surface area contributed by atoms with Crippen LogP contribution >= 0.6 is 11.3 Å². The lowest BCUT2D eigenvalue weighted by Crippen LogP contribution is -2.07. The Labute approximate surface area is 136 Å². The van der Waals surface area contributed by atoms with Crippen molar-refractivity contribution in [2.75, 3.05) is 12.4 Å². The largest absolute Gasteiger partial charge is 0.465 e. The second-order valence-electron chi connectivity index (χ2n) is 4.90. The average molecular weight is 330 g/mol. The molecule has 6 nitrogen and oxygen atoms in total. The summed E-state index contributed by atoms with van der Waals surface area (Å²) in [6, 6.07) is 7.64. The van der Waals surface area contributed by atoms with Crippen molar-refractivity contribution >= 4 is 39.3 Å². The van der Waals surface area contributed by atoms with Gasteiger partial charge in [0.15, 0.2) is 0 Å². The van der Waals surface area contributed by atoms with Gasteiger partial charge in [-0.2, -0.15) is 0 Å². The summed E-state index contributed by atoms with van der Waals surface area (Å²) in [7, 11) is 1.30. The minimum Gasteiger partial charge on any atom is -0.465 e. The summed E-state index contributed by atoms with van der Waals surface area (Å²) in [4.78, 5) is 28.1. The van der Waals surface area contributed by atoms with E-state index in [2.05, 4.69) is 10.3 Å². The Morgan fingerprint density at radius 3 is 2.70 bits per heavy atom. The number of methoxy groups -OCH3 is 1. The standard InChI is InChI=1S/C16H14N2O4S/c1-8-12(16(20)21-3)13(14(22-8)17-9(2)19)15-18-10-6-4-5-7-11(10)23-15/h4-7H,1-3H3,(H,17,19). The predicted molar refractivity (Wildman–Crippen MR) is 87.7 cm³/mol. The molecule has 0 fully saturated rings. The second kappa shape index (κ2) is 5.85. The number of nitrogens with one attached hydrogen (secondary N) is 1. The van der Waals surface area contributed by atoms with Crippen LogP contribution in [0.25, 0.3) is 20.8 Å². The van der Waals surface area contributed by atoms with Crippen molar-refractivity contribution in [3.63, 3.8) is 0 Å². The number of furan rings is 1. The lowest BCUT2D eigenvalue weighted by molar-refractivity contribution is -0.114. The number of hydrogen-bond donors (Lipinski definition) is 1. The average Bonchev–Trinajstić information content (AvgIpc) is 3.06. The van der Waals surface area contributed by atoms with Gasteiger partial charge in [-0.05, 0) is 19.1 Å². The molecule has 0 saturated carbocycles. The Morgan fingerprint density at radius 1 is 1.30 bits per heavy atom. The molecule has 3 rings (SSSR count). The molecule has 0 aliphatic carbocycles. The number of amides is 1. The van der Waals surface area contributed by atoms with Crippen LogP contribution in [-0.2, 0) is 9.53 Å². The third-order valence-corrected chi connectivity index (χ3v) is 4.33. The molecule has 0 aliphatic heterocycles. The molecular formula is C16H14N2O4S. The van der Waals surface area contributed by atoms with Gasteiger partial charge in [0, 0.05) is 6.92 Å². The van der Waals surface area contributed by atoms with Crippen LogP contribution in [0, 0.1) is 6.92 Å². The van der Waals surface area contributed by atoms with E-state index in [1.807, 2.05) is 24.3 Å². The Balaban J connectivity index is 2.25. The molecule has 0 spiro atoms. The first kappa shape index (κ1) is 15.2. The molecule has 3 aromatic rings. The number of esters is 1. The minimum atomic E-state index is -0.530. The fourth-order valence-corrected chi connectivity index (χ4v) is 3.34. The molecule has 1 amide bonds. The summed E-state index contributed by atoms with van der Waals surface area (Å²) in [6.07, 6.45) is 0. The van der Waals surface area contributed by atoms with Crippen LogP contribution in [0.3, 0.4) is 0 Å². The van der Waals surface area contributed by atoms with E-state index < -0.39 is 5.97 Å². The van der Waals surface area contributed by atoms with E-state index >= 15 is 0 Å². The molecular weight excluding hydrogens is 316 g/mol. The number of fused-ring (bicyclic) bond motifs is 1. The maximum Gasteiger partial charge on any atom is 0.342 e. The maximum atomic E-state index is 12.1. The minimum absolute atomic E-state index is 0.203. The van der Waals surface area contributed by atoms with E-state index in [0.29, 0.717) is 16.3 Å². The Kier molecular flexibility index (Phi) is 3.87. The van der Waals surface area contributed by atoms with Crippen molar-refractivity contribution in [1.29, 1.82) is 0 Å². The molecule has 2 aromatic heterocycles. The second-order valence-corrected chi connectivity index (χ2v) is 5.93. The summed E-state index contributed by atoms with van der Waals surface area (Å²) >= 11 is 1.42. The number of carbonyl (C=O) groups excluding carboxylic acids is 2. The highest BCUT2D eigenvalue weighted by Crippen LogP contribution is 2.40. The number of hydrogen-bond acceptors (Lipinski definition) is 6. The molecule has 0 unspecified atom stereocenters. The zero-order valence-electron chi connectivity index (χ0n) is 12.8. The maximum absolute atomic E-state index is 12.1. The highest BCUT2D eigenvalue weighted by molar-refractivity contribution is 7.21. The summed E-state index contributed by atoms with van der Waals surface area (Å²) in [5.74, 6) is -0.251. The molecule has 23 heavy (non-hydrogen) atoms. The van der Waals surface area contributed by atoms with E-state index in [9.17, 15) is 9.59 Å². The first-order valence-corrected chi connectivity index (χ1v) is 7.68. The molecule has 0 radical (unpaired) electrons. The zero-order chi connectivity index (χ0) is 16.6. The van der Waals surface area contributed by atoms with Crippen LogP contribution in [0.1, 0.15) is 23.0 Å². The summed E-state index contributed by atoms with van der Waals surface area (Å²) in [5, 5.41) is 3.20. The van der Waals surface area contributed by atoms with Gasteiger partial charge in [0.2, 0.25) is 11.8 Å². The van der Waals surface area contributed by atoms with E-state index in [1.54, 1.807) is 6.92 Å². The predicted octanol–water partition coefficient (Wildman–Crippen LogP) is 3.61. The van der Waals surface area contributed by atoms with Gasteiger partial charge in [-0.25, -0.2) is 9.78 Å². The van der Waals surface area contributed by atoms with Gasteiger partial charge >= 0.3 is 5.97 Å². The molecule has 1 N–H and O–H groups in total. The molecule has 0 bridgehead atoms. The molecule has 7 heteroatoms. The summed E-state index contributed by atoms with van der Waals surface area (Å²) < 4.78 is 11.4. The van der Waals surface area contributed by atoms with E-state index in [4.69, 9.17) is 9.15 Å². The van der Waals surface area contributed by atoms with E-state index in [-0.39, 0.29) is 17.4 Å². The number of anilines is 1. The molecule has 1 aromatic carbocycles. The van der Waals surface area contributed by atoms with Crippen molar-refractivity contribution in [2.24, 2.45) is 0 Å². The summed E-state index contributed by atoms with van der Waals surface area (Å²) in [6.45, 7) is 3.02. The number of thiazole rings is 1. The van der Waals surface area contributed by atoms with Crippen LogP contribution < -0.4 is 5.32 Å². The van der Waals surface area contributed by atoms with E-state index in [1.165, 1.54) is 25.4 Å². The SMILES string of the molecule is COC(=O)c1c(C)oc(NC(C)=O)c1-c1nc2ccccc2s1. The molecule has 2 heterocycles. The number of para-hydroxylation sites is 1. The van der Waals surface area contributed by atoms with Gasteiger partial charge < -0.3 is 9.15 Å². The van der Waals surface area contributed by atoms with Gasteiger partial charge in [0.05, 0.1) is 22.9 Å². The third kappa shape index (κ3) is 2.70. The number of aryl methyl sites for hydroxylation is 1. The van der Waals surface area contributed by atoms with Crippen molar-refractivity contribution in [2.45, 2.75) is 13.8 Å². The fourth-order valence-electron chi connectivity index (χ4n) is 2.32. The third-order valence-electron chi connectivity index (χ3n) is 3.27. The number of ether oxygens (including phenoxy) is 1. The van der Waals surface area contributed by atoms with Crippen LogP contribution in [0.15, 0.2) is 28.7 Å².